The molecule has 0 bridgehead atoms. The van der Waals surface area contributed by atoms with E-state index in [1.807, 2.05) is 0 Å². The van der Waals surface area contributed by atoms with E-state index in [4.69, 9.17) is 11.6 Å². The Labute approximate surface area is 130 Å². The van der Waals surface area contributed by atoms with E-state index in [1.165, 1.54) is 21.9 Å². The van der Waals surface area contributed by atoms with Gasteiger partial charge in [-0.3, -0.25) is 9.52 Å². The Morgan fingerprint density at radius 2 is 1.91 bits per heavy atom. The van der Waals surface area contributed by atoms with Crippen molar-refractivity contribution >= 4 is 33.1 Å². The number of benzene rings is 1. The summed E-state index contributed by atoms with van der Waals surface area (Å²) in [5.41, 5.74) is -6.29. The number of ketones is 1. The first kappa shape index (κ1) is 18.3. The number of rotatable bonds is 5. The number of hydrogen-bond donors (Lipinski definition) is 1. The van der Waals surface area contributed by atoms with Crippen LogP contribution < -0.4 is 4.72 Å². The van der Waals surface area contributed by atoms with Crippen molar-refractivity contribution in [2.75, 3.05) is 18.8 Å². The second-order valence-electron chi connectivity index (χ2n) is 4.38. The van der Waals surface area contributed by atoms with Crippen molar-refractivity contribution in [2.45, 2.75) is 5.51 Å². The average Bonchev–Trinajstić information content (AvgIpc) is 2.36. The molecule has 0 heterocycles. The molecule has 22 heavy (non-hydrogen) atoms. The Morgan fingerprint density at radius 1 is 1.32 bits per heavy atom. The highest BCUT2D eigenvalue weighted by molar-refractivity contribution is 7.93. The summed E-state index contributed by atoms with van der Waals surface area (Å²) in [4.78, 5) is 13.5. The molecule has 10 heteroatoms. The number of hydrogen-bond acceptors (Lipinski definition) is 4. The fourth-order valence-electron chi connectivity index (χ4n) is 1.32. The highest BCUT2D eigenvalue weighted by Crippen LogP contribution is 2.28. The van der Waals surface area contributed by atoms with Crippen LogP contribution in [0.3, 0.4) is 0 Å². The summed E-state index contributed by atoms with van der Waals surface area (Å²) in [6.07, 6.45) is 2.45. The van der Waals surface area contributed by atoms with Crippen LogP contribution in [0.2, 0.25) is 5.02 Å². The summed E-state index contributed by atoms with van der Waals surface area (Å²) in [6, 6.07) is 3.24. The maximum atomic E-state index is 12.4. The van der Waals surface area contributed by atoms with Crippen LogP contribution in [-0.2, 0) is 10.0 Å². The highest BCUT2D eigenvalue weighted by Gasteiger charge is 2.46. The van der Waals surface area contributed by atoms with E-state index in [1.54, 1.807) is 14.1 Å². The van der Waals surface area contributed by atoms with Gasteiger partial charge in [-0.2, -0.15) is 21.6 Å². The van der Waals surface area contributed by atoms with Gasteiger partial charge >= 0.3 is 15.5 Å². The molecule has 0 radical (unpaired) electrons. The first-order chi connectivity index (χ1) is 9.94. The molecule has 0 saturated carbocycles. The number of sulfonamides is 1. The molecule has 122 valence electrons. The minimum atomic E-state index is -5.63. The van der Waals surface area contributed by atoms with Crippen LogP contribution in [0.5, 0.6) is 0 Å². The topological polar surface area (TPSA) is 66.5 Å². The fraction of sp³-hybridized carbons (Fsp3) is 0.250. The Bertz CT molecular complexity index is 700. The van der Waals surface area contributed by atoms with E-state index in [2.05, 4.69) is 0 Å². The Balaban J connectivity index is 3.25. The smallest absolute Gasteiger partial charge is 0.383 e. The third kappa shape index (κ3) is 4.63. The molecule has 0 unspecified atom stereocenters. The molecule has 0 fully saturated rings. The number of nitrogens with one attached hydrogen (secondary N) is 1. The van der Waals surface area contributed by atoms with E-state index in [9.17, 15) is 26.4 Å². The monoisotopic (exact) mass is 356 g/mol. The standard InChI is InChI=1S/C12H12ClF3N2O3S/c1-18(2)6-5-11(19)9-7-8(13)3-4-10(9)17-22(20,21)12(14,15)16/h3-7,17H,1-2H3. The first-order valence-corrected chi connectivity index (χ1v) is 7.58. The maximum absolute atomic E-state index is 12.4. The maximum Gasteiger partial charge on any atom is 0.516 e. The predicted octanol–water partition coefficient (Wildman–Crippen LogP) is 2.86. The zero-order valence-corrected chi connectivity index (χ0v) is 13.1. The quantitative estimate of drug-likeness (QED) is 0.650. The molecule has 5 nitrogen and oxygen atoms in total. The minimum absolute atomic E-state index is 0.0801. The van der Waals surface area contributed by atoms with Crippen molar-refractivity contribution in [2.24, 2.45) is 0 Å². The lowest BCUT2D eigenvalue weighted by molar-refractivity contribution is -0.0429. The van der Waals surface area contributed by atoms with Gasteiger partial charge in [-0.05, 0) is 18.2 Å². The Kier molecular flexibility index (Phi) is 5.47. The number of nitrogens with zero attached hydrogens (tertiary/aromatic N) is 1. The summed E-state index contributed by atoms with van der Waals surface area (Å²) in [7, 11) is -2.36. The molecule has 0 aliphatic carbocycles. The van der Waals surface area contributed by atoms with E-state index in [0.29, 0.717) is 0 Å². The Morgan fingerprint density at radius 3 is 2.41 bits per heavy atom. The average molecular weight is 357 g/mol. The lowest BCUT2D eigenvalue weighted by Gasteiger charge is -2.13. The minimum Gasteiger partial charge on any atom is -0.383 e. The van der Waals surface area contributed by atoms with Gasteiger partial charge in [0.1, 0.15) is 0 Å². The van der Waals surface area contributed by atoms with Gasteiger partial charge in [-0.1, -0.05) is 11.6 Å². The molecule has 1 aromatic rings. The zero-order valence-electron chi connectivity index (χ0n) is 11.5. The zero-order chi connectivity index (χ0) is 17.1. The van der Waals surface area contributed by atoms with Crippen LogP contribution in [0.15, 0.2) is 30.5 Å². The summed E-state index contributed by atoms with van der Waals surface area (Å²) in [5.74, 6) is -0.698. The molecular formula is C12H12ClF3N2O3S. The van der Waals surface area contributed by atoms with Gasteiger partial charge in [0, 0.05) is 37.0 Å². The molecule has 1 aromatic carbocycles. The molecule has 0 atom stereocenters. The summed E-state index contributed by atoms with van der Waals surface area (Å²) >= 11 is 5.70. The third-order valence-electron chi connectivity index (χ3n) is 2.32. The molecule has 1 rings (SSSR count). The third-order valence-corrected chi connectivity index (χ3v) is 3.65. The number of anilines is 1. The highest BCUT2D eigenvalue weighted by atomic mass is 35.5. The van der Waals surface area contributed by atoms with Crippen molar-refractivity contribution in [3.63, 3.8) is 0 Å². The van der Waals surface area contributed by atoms with E-state index in [0.717, 1.165) is 18.2 Å². The number of allylic oxidation sites excluding steroid dienone is 1. The number of halogens is 4. The molecule has 1 N–H and O–H groups in total. The van der Waals surface area contributed by atoms with Gasteiger partial charge < -0.3 is 4.90 Å². The first-order valence-electron chi connectivity index (χ1n) is 5.71. The van der Waals surface area contributed by atoms with Crippen molar-refractivity contribution in [1.29, 1.82) is 0 Å². The molecule has 0 spiro atoms. The molecular weight excluding hydrogens is 345 g/mol. The second-order valence-corrected chi connectivity index (χ2v) is 6.50. The van der Waals surface area contributed by atoms with Gasteiger partial charge in [-0.25, -0.2) is 0 Å². The fourth-order valence-corrected chi connectivity index (χ4v) is 2.07. The van der Waals surface area contributed by atoms with Gasteiger partial charge in [0.05, 0.1) is 5.69 Å². The van der Waals surface area contributed by atoms with Crippen LogP contribution in [-0.4, -0.2) is 38.7 Å². The SMILES string of the molecule is CN(C)C=CC(=O)c1cc(Cl)ccc1NS(=O)(=O)C(F)(F)F. The summed E-state index contributed by atoms with van der Waals surface area (Å²) in [5, 5.41) is 0.0801. The normalized spacial score (nSPS) is 12.5. The van der Waals surface area contributed by atoms with Crippen LogP contribution in [0.25, 0.3) is 0 Å². The van der Waals surface area contributed by atoms with E-state index in [-0.39, 0.29) is 10.6 Å². The van der Waals surface area contributed by atoms with Gasteiger partial charge in [-0.15, -0.1) is 0 Å². The van der Waals surface area contributed by atoms with Crippen LogP contribution in [0, 0.1) is 0 Å². The van der Waals surface area contributed by atoms with Crippen molar-refractivity contribution in [3.8, 4) is 0 Å². The number of carbonyl (C=O) groups excluding carboxylic acids is 1. The second kappa shape index (κ2) is 6.57. The Hall–Kier alpha value is -1.74. The van der Waals surface area contributed by atoms with Crippen molar-refractivity contribution < 1.29 is 26.4 Å². The predicted molar refractivity (Wildman–Crippen MR) is 77.2 cm³/mol. The van der Waals surface area contributed by atoms with Crippen LogP contribution >= 0.6 is 11.6 Å². The van der Waals surface area contributed by atoms with Crippen molar-refractivity contribution in [3.05, 3.63) is 41.1 Å². The molecule has 0 saturated heterocycles. The number of carbonyl (C=O) groups is 1. The van der Waals surface area contributed by atoms with Crippen LogP contribution in [0.1, 0.15) is 10.4 Å². The molecule has 0 amide bonds. The van der Waals surface area contributed by atoms with E-state index < -0.39 is 27.0 Å². The number of alkyl halides is 3. The lowest BCUT2D eigenvalue weighted by atomic mass is 10.1. The summed E-state index contributed by atoms with van der Waals surface area (Å²) < 4.78 is 60.8. The summed E-state index contributed by atoms with van der Waals surface area (Å²) in [6.45, 7) is 0. The van der Waals surface area contributed by atoms with Crippen LogP contribution in [0.4, 0.5) is 18.9 Å². The van der Waals surface area contributed by atoms with Gasteiger partial charge in [0.25, 0.3) is 0 Å². The largest absolute Gasteiger partial charge is 0.516 e. The lowest BCUT2D eigenvalue weighted by Crippen LogP contribution is -2.30. The molecule has 0 aliphatic heterocycles. The molecule has 0 aliphatic rings. The van der Waals surface area contributed by atoms with Crippen molar-refractivity contribution in [1.82, 2.24) is 4.90 Å². The van der Waals surface area contributed by atoms with Gasteiger partial charge in [0.15, 0.2) is 5.78 Å². The van der Waals surface area contributed by atoms with Gasteiger partial charge in [0.2, 0.25) is 0 Å². The van der Waals surface area contributed by atoms with E-state index >= 15 is 0 Å². The molecule has 0 aromatic heterocycles.